The molecule has 2 aromatic carbocycles. The molecule has 0 radical (unpaired) electrons. The Bertz CT molecular complexity index is 1100. The Balaban J connectivity index is 1.46. The van der Waals surface area contributed by atoms with Crippen LogP contribution in [0.15, 0.2) is 71.7 Å². The molecule has 2 unspecified atom stereocenters. The Hall–Kier alpha value is -3.21. The quantitative estimate of drug-likeness (QED) is 0.635. The maximum atomic E-state index is 13.2. The van der Waals surface area contributed by atoms with Gasteiger partial charge in [-0.2, -0.15) is 0 Å². The Kier molecular flexibility index (Phi) is 5.53. The fourth-order valence-corrected chi connectivity index (χ4v) is 4.18. The van der Waals surface area contributed by atoms with Gasteiger partial charge in [0.1, 0.15) is 5.82 Å². The summed E-state index contributed by atoms with van der Waals surface area (Å²) in [4.78, 5) is 26.4. The fourth-order valence-electron chi connectivity index (χ4n) is 4.18. The van der Waals surface area contributed by atoms with Crippen LogP contribution in [0.5, 0.6) is 0 Å². The highest BCUT2D eigenvalue weighted by atomic mass is 19.1. The van der Waals surface area contributed by atoms with E-state index in [-0.39, 0.29) is 29.2 Å². The van der Waals surface area contributed by atoms with Crippen molar-refractivity contribution in [2.24, 2.45) is 7.05 Å². The molecule has 154 valence electrons. The van der Waals surface area contributed by atoms with Crippen LogP contribution < -0.4 is 5.56 Å². The van der Waals surface area contributed by atoms with Crippen molar-refractivity contribution in [2.45, 2.75) is 31.7 Å². The van der Waals surface area contributed by atoms with Gasteiger partial charge in [0.2, 0.25) is 11.5 Å². The molecule has 1 aliphatic rings. The van der Waals surface area contributed by atoms with E-state index in [1.807, 2.05) is 41.4 Å². The van der Waals surface area contributed by atoms with Crippen LogP contribution in [0.25, 0.3) is 11.1 Å². The highest BCUT2D eigenvalue weighted by Gasteiger charge is 2.30. The second kappa shape index (κ2) is 8.27. The maximum absolute atomic E-state index is 13.2. The minimum absolute atomic E-state index is 0.0131. The number of hydrogen-bond donors (Lipinski definition) is 0. The molecule has 3 aromatic rings. The normalized spacial score (nSPS) is 17.8. The summed E-state index contributed by atoms with van der Waals surface area (Å²) in [7, 11) is 1.74. The lowest BCUT2D eigenvalue weighted by Gasteiger charge is -2.36. The Labute approximate surface area is 175 Å². The molecule has 5 heteroatoms. The van der Waals surface area contributed by atoms with E-state index in [9.17, 15) is 14.0 Å². The molecule has 2 heterocycles. The zero-order valence-corrected chi connectivity index (χ0v) is 17.2. The summed E-state index contributed by atoms with van der Waals surface area (Å²) >= 11 is 0. The lowest BCUT2D eigenvalue weighted by Crippen LogP contribution is -2.39. The third kappa shape index (κ3) is 4.06. The summed E-state index contributed by atoms with van der Waals surface area (Å²) in [5, 5.41) is 0. The van der Waals surface area contributed by atoms with Crippen LogP contribution in [-0.4, -0.2) is 21.9 Å². The standard InChI is InChI=1S/C25H25FN2O2/c1-17(18-3-5-20(6-4-18)22-9-12-24(29)27(2)16-22)28-14-13-21(15-25(28)30)19-7-10-23(26)11-8-19/h3-12,16-17,21H,13-15H2,1-2H3. The van der Waals surface area contributed by atoms with Crippen LogP contribution in [0.1, 0.15) is 42.9 Å². The second-order valence-electron chi connectivity index (χ2n) is 7.99. The maximum Gasteiger partial charge on any atom is 0.250 e. The zero-order chi connectivity index (χ0) is 21.3. The Morgan fingerprint density at radius 3 is 2.23 bits per heavy atom. The summed E-state index contributed by atoms with van der Waals surface area (Å²) in [6.45, 7) is 2.74. The summed E-state index contributed by atoms with van der Waals surface area (Å²) in [6.07, 6.45) is 3.15. The minimum Gasteiger partial charge on any atom is -0.336 e. The number of benzene rings is 2. The molecule has 0 saturated carbocycles. The van der Waals surface area contributed by atoms with E-state index in [0.29, 0.717) is 13.0 Å². The number of aromatic nitrogens is 1. The number of aryl methyl sites for hydroxylation is 1. The lowest BCUT2D eigenvalue weighted by atomic mass is 9.88. The number of carbonyl (C=O) groups is 1. The summed E-state index contributed by atoms with van der Waals surface area (Å²) in [5.74, 6) is 0.0242. The number of pyridine rings is 1. The van der Waals surface area contributed by atoms with Gasteiger partial charge in [-0.05, 0) is 59.7 Å². The smallest absolute Gasteiger partial charge is 0.250 e. The van der Waals surface area contributed by atoms with E-state index < -0.39 is 0 Å². The van der Waals surface area contributed by atoms with E-state index in [1.165, 1.54) is 12.1 Å². The van der Waals surface area contributed by atoms with Crippen molar-refractivity contribution in [1.29, 1.82) is 0 Å². The van der Waals surface area contributed by atoms with Crippen LogP contribution in [0.2, 0.25) is 0 Å². The number of rotatable bonds is 4. The van der Waals surface area contributed by atoms with Crippen molar-refractivity contribution in [3.05, 3.63) is 94.2 Å². The molecule has 1 amide bonds. The SMILES string of the molecule is CC(c1ccc(-c2ccc(=O)n(C)c2)cc1)N1CCC(c2ccc(F)cc2)CC1=O. The summed E-state index contributed by atoms with van der Waals surface area (Å²) < 4.78 is 14.7. The van der Waals surface area contributed by atoms with Gasteiger partial charge in [-0.1, -0.05) is 36.4 Å². The number of likely N-dealkylation sites (tertiary alicyclic amines) is 1. The molecule has 0 N–H and O–H groups in total. The first-order chi connectivity index (χ1) is 14.4. The van der Waals surface area contributed by atoms with Crippen molar-refractivity contribution >= 4 is 5.91 Å². The number of hydrogen-bond acceptors (Lipinski definition) is 2. The van der Waals surface area contributed by atoms with Gasteiger partial charge in [-0.3, -0.25) is 9.59 Å². The Morgan fingerprint density at radius 2 is 1.60 bits per heavy atom. The van der Waals surface area contributed by atoms with Gasteiger partial charge >= 0.3 is 0 Å². The molecule has 1 fully saturated rings. The number of amides is 1. The monoisotopic (exact) mass is 404 g/mol. The molecular formula is C25H25FN2O2. The molecule has 1 aliphatic heterocycles. The Morgan fingerprint density at radius 1 is 0.933 bits per heavy atom. The van der Waals surface area contributed by atoms with Crippen molar-refractivity contribution in [3.8, 4) is 11.1 Å². The molecule has 0 bridgehead atoms. The minimum atomic E-state index is -0.252. The van der Waals surface area contributed by atoms with Crippen LogP contribution in [0, 0.1) is 5.82 Å². The molecule has 1 saturated heterocycles. The van der Waals surface area contributed by atoms with Gasteiger partial charge in [-0.25, -0.2) is 4.39 Å². The van der Waals surface area contributed by atoms with E-state index >= 15 is 0 Å². The zero-order valence-electron chi connectivity index (χ0n) is 17.2. The van der Waals surface area contributed by atoms with Gasteiger partial charge in [0.05, 0.1) is 6.04 Å². The predicted octanol–water partition coefficient (Wildman–Crippen LogP) is 4.66. The first-order valence-electron chi connectivity index (χ1n) is 10.2. The number of halogens is 1. The van der Waals surface area contributed by atoms with Gasteiger partial charge in [0.15, 0.2) is 0 Å². The summed E-state index contributed by atoms with van der Waals surface area (Å²) in [6, 6.07) is 18.0. The van der Waals surface area contributed by atoms with Gasteiger partial charge in [0.25, 0.3) is 0 Å². The van der Waals surface area contributed by atoms with E-state index in [4.69, 9.17) is 0 Å². The molecule has 4 rings (SSSR count). The first-order valence-corrected chi connectivity index (χ1v) is 10.2. The van der Waals surface area contributed by atoms with E-state index in [1.54, 1.807) is 29.8 Å². The number of carbonyl (C=O) groups excluding carboxylic acids is 1. The van der Waals surface area contributed by atoms with Gasteiger partial charge < -0.3 is 9.47 Å². The number of piperidine rings is 1. The molecule has 2 atom stereocenters. The predicted molar refractivity (Wildman–Crippen MR) is 116 cm³/mol. The fraction of sp³-hybridized carbons (Fsp3) is 0.280. The molecule has 30 heavy (non-hydrogen) atoms. The van der Waals surface area contributed by atoms with Gasteiger partial charge in [-0.15, -0.1) is 0 Å². The van der Waals surface area contributed by atoms with Crippen LogP contribution in [0.3, 0.4) is 0 Å². The molecule has 1 aromatic heterocycles. The highest BCUT2D eigenvalue weighted by Crippen LogP contribution is 2.33. The van der Waals surface area contributed by atoms with Crippen LogP contribution in [0.4, 0.5) is 4.39 Å². The van der Waals surface area contributed by atoms with Crippen LogP contribution >= 0.6 is 0 Å². The summed E-state index contributed by atoms with van der Waals surface area (Å²) in [5.41, 5.74) is 4.08. The average Bonchev–Trinajstić information content (AvgIpc) is 2.76. The van der Waals surface area contributed by atoms with Crippen LogP contribution in [-0.2, 0) is 11.8 Å². The topological polar surface area (TPSA) is 42.3 Å². The average molecular weight is 404 g/mol. The van der Waals surface area contributed by atoms with Gasteiger partial charge in [0, 0.05) is 32.3 Å². The van der Waals surface area contributed by atoms with E-state index in [0.717, 1.165) is 28.7 Å². The van der Waals surface area contributed by atoms with Crippen molar-refractivity contribution in [3.63, 3.8) is 0 Å². The largest absolute Gasteiger partial charge is 0.336 e. The first kappa shape index (κ1) is 20.1. The highest BCUT2D eigenvalue weighted by molar-refractivity contribution is 5.78. The van der Waals surface area contributed by atoms with E-state index in [2.05, 4.69) is 6.92 Å². The molecule has 4 nitrogen and oxygen atoms in total. The molecular weight excluding hydrogens is 379 g/mol. The van der Waals surface area contributed by atoms with Crippen molar-refractivity contribution in [2.75, 3.05) is 6.54 Å². The molecule has 0 aliphatic carbocycles. The van der Waals surface area contributed by atoms with Crippen molar-refractivity contribution in [1.82, 2.24) is 9.47 Å². The third-order valence-electron chi connectivity index (χ3n) is 6.08. The molecule has 0 spiro atoms. The van der Waals surface area contributed by atoms with Crippen molar-refractivity contribution < 1.29 is 9.18 Å². The second-order valence-corrected chi connectivity index (χ2v) is 7.99. The lowest BCUT2D eigenvalue weighted by molar-refractivity contribution is -0.136. The number of nitrogens with zero attached hydrogens (tertiary/aromatic N) is 2. The third-order valence-corrected chi connectivity index (χ3v) is 6.08.